The van der Waals surface area contributed by atoms with Gasteiger partial charge in [-0.05, 0) is 17.7 Å². The second-order valence-corrected chi connectivity index (χ2v) is 6.96. The van der Waals surface area contributed by atoms with Crippen LogP contribution < -0.4 is 4.74 Å². The van der Waals surface area contributed by atoms with E-state index in [1.165, 1.54) is 18.3 Å². The van der Waals surface area contributed by atoms with E-state index in [2.05, 4.69) is 4.98 Å². The second kappa shape index (κ2) is 7.84. The maximum Gasteiger partial charge on any atom is 0.303 e. The molecule has 1 fully saturated rings. The smallest absolute Gasteiger partial charge is 0.303 e. The number of ether oxygens (including phenoxy) is 2. The molecule has 0 aliphatic carbocycles. The standard InChI is InChI=1S/C18H20N2O5S/c1-11(21)25-15-9-14(16(22)17-19-7-8-26-17)20(18(15)23)10-12-3-5-13(24-2)6-4-12/h3-8,14-16,22H,9-10H2,1-2H3/t14-,15-,16?/m1/s1. The fourth-order valence-electron chi connectivity index (χ4n) is 3.06. The van der Waals surface area contributed by atoms with Crippen molar-refractivity contribution in [3.05, 3.63) is 46.4 Å². The highest BCUT2D eigenvalue weighted by molar-refractivity contribution is 7.09. The van der Waals surface area contributed by atoms with Crippen LogP contribution in [-0.4, -0.2) is 46.1 Å². The average Bonchev–Trinajstić information content (AvgIpc) is 3.26. The zero-order valence-electron chi connectivity index (χ0n) is 14.5. The van der Waals surface area contributed by atoms with Crippen molar-refractivity contribution in [2.24, 2.45) is 0 Å². The minimum atomic E-state index is -0.933. The minimum absolute atomic E-state index is 0.231. The molecule has 138 valence electrons. The van der Waals surface area contributed by atoms with Gasteiger partial charge >= 0.3 is 5.97 Å². The van der Waals surface area contributed by atoms with Gasteiger partial charge in [-0.25, -0.2) is 4.98 Å². The molecule has 2 aromatic rings. The van der Waals surface area contributed by atoms with Gasteiger partial charge in [-0.3, -0.25) is 9.59 Å². The molecule has 1 unspecified atom stereocenters. The first-order chi connectivity index (χ1) is 12.5. The molecule has 1 N–H and O–H groups in total. The van der Waals surface area contributed by atoms with Crippen LogP contribution in [0.15, 0.2) is 35.8 Å². The van der Waals surface area contributed by atoms with Gasteiger partial charge in [0.15, 0.2) is 6.10 Å². The Labute approximate surface area is 155 Å². The first kappa shape index (κ1) is 18.3. The van der Waals surface area contributed by atoms with Gasteiger partial charge in [0.1, 0.15) is 16.9 Å². The second-order valence-electron chi connectivity index (χ2n) is 6.03. The molecule has 0 spiro atoms. The normalized spacial score (nSPS) is 20.9. The lowest BCUT2D eigenvalue weighted by Crippen LogP contribution is -2.38. The third kappa shape index (κ3) is 3.86. The molecular formula is C18H20N2O5S. The summed E-state index contributed by atoms with van der Waals surface area (Å²) < 4.78 is 10.3. The number of hydrogen-bond acceptors (Lipinski definition) is 7. The van der Waals surface area contributed by atoms with Crippen LogP contribution in [0.1, 0.15) is 30.0 Å². The van der Waals surface area contributed by atoms with Crippen molar-refractivity contribution < 1.29 is 24.2 Å². The Morgan fingerprint density at radius 1 is 1.42 bits per heavy atom. The molecular weight excluding hydrogens is 356 g/mol. The van der Waals surface area contributed by atoms with Gasteiger partial charge < -0.3 is 19.5 Å². The molecule has 1 aliphatic heterocycles. The van der Waals surface area contributed by atoms with Crippen molar-refractivity contribution in [2.45, 2.75) is 38.1 Å². The number of aromatic nitrogens is 1. The number of hydrogen-bond donors (Lipinski definition) is 1. The predicted octanol–water partition coefficient (Wildman–Crippen LogP) is 1.92. The summed E-state index contributed by atoms with van der Waals surface area (Å²) >= 11 is 1.32. The number of aliphatic hydroxyl groups is 1. The molecule has 1 saturated heterocycles. The number of aliphatic hydroxyl groups excluding tert-OH is 1. The van der Waals surface area contributed by atoms with Gasteiger partial charge in [0.05, 0.1) is 13.2 Å². The van der Waals surface area contributed by atoms with Crippen molar-refractivity contribution >= 4 is 23.2 Å². The molecule has 26 heavy (non-hydrogen) atoms. The Morgan fingerprint density at radius 3 is 2.73 bits per heavy atom. The molecule has 0 radical (unpaired) electrons. The van der Waals surface area contributed by atoms with E-state index in [-0.39, 0.29) is 12.3 Å². The molecule has 3 atom stereocenters. The highest BCUT2D eigenvalue weighted by atomic mass is 32.1. The van der Waals surface area contributed by atoms with Crippen molar-refractivity contribution in [3.63, 3.8) is 0 Å². The van der Waals surface area contributed by atoms with E-state index in [9.17, 15) is 14.7 Å². The van der Waals surface area contributed by atoms with Crippen molar-refractivity contribution in [2.75, 3.05) is 7.11 Å². The number of esters is 1. The van der Waals surface area contributed by atoms with Gasteiger partial charge in [-0.15, -0.1) is 11.3 Å². The fourth-order valence-corrected chi connectivity index (χ4v) is 3.74. The molecule has 0 bridgehead atoms. The lowest BCUT2D eigenvalue weighted by atomic mass is 10.1. The predicted molar refractivity (Wildman–Crippen MR) is 94.6 cm³/mol. The zero-order valence-corrected chi connectivity index (χ0v) is 15.3. The molecule has 1 amide bonds. The van der Waals surface area contributed by atoms with Crippen LogP contribution in [0.5, 0.6) is 5.75 Å². The molecule has 3 rings (SSSR count). The van der Waals surface area contributed by atoms with Crippen molar-refractivity contribution in [1.29, 1.82) is 0 Å². The highest BCUT2D eigenvalue weighted by Gasteiger charge is 2.45. The van der Waals surface area contributed by atoms with E-state index in [4.69, 9.17) is 9.47 Å². The van der Waals surface area contributed by atoms with E-state index in [1.54, 1.807) is 23.6 Å². The monoisotopic (exact) mass is 376 g/mol. The van der Waals surface area contributed by atoms with Crippen LogP contribution in [0, 0.1) is 0 Å². The van der Waals surface area contributed by atoms with E-state index >= 15 is 0 Å². The Balaban J connectivity index is 1.83. The van der Waals surface area contributed by atoms with E-state index in [0.29, 0.717) is 11.6 Å². The van der Waals surface area contributed by atoms with Crippen molar-refractivity contribution in [3.8, 4) is 5.75 Å². The fraction of sp³-hybridized carbons (Fsp3) is 0.389. The summed E-state index contributed by atoms with van der Waals surface area (Å²) in [5, 5.41) is 13.0. The maximum absolute atomic E-state index is 12.7. The Morgan fingerprint density at radius 2 is 2.15 bits per heavy atom. The highest BCUT2D eigenvalue weighted by Crippen LogP contribution is 2.33. The molecule has 7 nitrogen and oxygen atoms in total. The van der Waals surface area contributed by atoms with Gasteiger partial charge in [-0.2, -0.15) is 0 Å². The Bertz CT molecular complexity index is 762. The van der Waals surface area contributed by atoms with Crippen LogP contribution >= 0.6 is 11.3 Å². The number of carbonyl (C=O) groups excluding carboxylic acids is 2. The van der Waals surface area contributed by atoms with Crippen molar-refractivity contribution in [1.82, 2.24) is 9.88 Å². The molecule has 2 heterocycles. The van der Waals surface area contributed by atoms with Crippen LogP contribution in [0.3, 0.4) is 0 Å². The summed E-state index contributed by atoms with van der Waals surface area (Å²) in [5.74, 6) is -0.104. The topological polar surface area (TPSA) is 89.0 Å². The lowest BCUT2D eigenvalue weighted by Gasteiger charge is -2.27. The molecule has 1 aliphatic rings. The maximum atomic E-state index is 12.7. The number of rotatable bonds is 6. The molecule has 1 aromatic carbocycles. The third-order valence-electron chi connectivity index (χ3n) is 4.30. The van der Waals surface area contributed by atoms with Crippen LogP contribution in [0.2, 0.25) is 0 Å². The quantitative estimate of drug-likeness (QED) is 0.775. The number of nitrogens with zero attached hydrogens (tertiary/aromatic N) is 2. The van der Waals surface area contributed by atoms with Gasteiger partial charge in [0.2, 0.25) is 0 Å². The largest absolute Gasteiger partial charge is 0.497 e. The number of benzene rings is 1. The summed E-state index contributed by atoms with van der Waals surface area (Å²) in [5.41, 5.74) is 0.888. The minimum Gasteiger partial charge on any atom is -0.497 e. The summed E-state index contributed by atoms with van der Waals surface area (Å²) in [6.45, 7) is 1.57. The Kier molecular flexibility index (Phi) is 5.53. The summed E-state index contributed by atoms with van der Waals surface area (Å²) in [6.07, 6.45) is 0.0234. The molecule has 0 saturated carbocycles. The van der Waals surface area contributed by atoms with Crippen LogP contribution in [0.4, 0.5) is 0 Å². The summed E-state index contributed by atoms with van der Waals surface area (Å²) in [7, 11) is 1.59. The van der Waals surface area contributed by atoms with Crippen LogP contribution in [0.25, 0.3) is 0 Å². The first-order valence-electron chi connectivity index (χ1n) is 8.17. The zero-order chi connectivity index (χ0) is 18.7. The summed E-state index contributed by atoms with van der Waals surface area (Å²) in [6, 6.07) is 6.83. The van der Waals surface area contributed by atoms with E-state index in [0.717, 1.165) is 11.3 Å². The molecule has 1 aromatic heterocycles. The van der Waals surface area contributed by atoms with Crippen LogP contribution in [-0.2, 0) is 20.9 Å². The number of likely N-dealkylation sites (tertiary alicyclic amines) is 1. The van der Waals surface area contributed by atoms with E-state index < -0.39 is 24.2 Å². The number of methoxy groups -OCH3 is 1. The van der Waals surface area contributed by atoms with Gasteiger partial charge in [-0.1, -0.05) is 12.1 Å². The van der Waals surface area contributed by atoms with Gasteiger partial charge in [0, 0.05) is 31.5 Å². The third-order valence-corrected chi connectivity index (χ3v) is 5.15. The van der Waals surface area contributed by atoms with E-state index in [1.807, 2.05) is 24.3 Å². The average molecular weight is 376 g/mol. The number of thiazole rings is 1. The molecule has 8 heteroatoms. The summed E-state index contributed by atoms with van der Waals surface area (Å²) in [4.78, 5) is 29.8. The lowest BCUT2D eigenvalue weighted by molar-refractivity contribution is -0.154. The SMILES string of the molecule is COc1ccc(CN2C(=O)[C@H](OC(C)=O)C[C@@H]2C(O)c2nccs2)cc1. The number of carbonyl (C=O) groups is 2. The Hall–Kier alpha value is -2.45. The first-order valence-corrected chi connectivity index (χ1v) is 9.05. The number of amides is 1. The van der Waals surface area contributed by atoms with Gasteiger partial charge in [0.25, 0.3) is 5.91 Å².